The Balaban J connectivity index is 1.97. The van der Waals surface area contributed by atoms with Crippen molar-refractivity contribution in [3.63, 3.8) is 0 Å². The molecule has 20 heavy (non-hydrogen) atoms. The van der Waals surface area contributed by atoms with Gasteiger partial charge in [0.2, 0.25) is 15.9 Å². The van der Waals surface area contributed by atoms with Crippen LogP contribution in [0, 0.1) is 0 Å². The number of rotatable bonds is 5. The molecule has 1 heterocycles. The van der Waals surface area contributed by atoms with Crippen molar-refractivity contribution in [2.24, 2.45) is 0 Å². The SMILES string of the molecule is CNS(=O)(=O)CCNC(=O)c1ccc2c(c1)CC(=O)N2. The Labute approximate surface area is 116 Å². The van der Waals surface area contributed by atoms with Gasteiger partial charge < -0.3 is 10.6 Å². The summed E-state index contributed by atoms with van der Waals surface area (Å²) in [6.07, 6.45) is 0.255. The standard InChI is InChI=1S/C12H15N3O4S/c1-13-20(18,19)5-4-14-12(17)8-2-3-10-9(6-8)7-11(16)15-10/h2-3,6,13H,4-5,7H2,1H3,(H,14,17)(H,15,16). The number of carbonyl (C=O) groups is 2. The normalized spacial score (nSPS) is 13.8. The van der Waals surface area contributed by atoms with Crippen LogP contribution in [0.25, 0.3) is 0 Å². The number of carbonyl (C=O) groups excluding carboxylic acids is 2. The predicted molar refractivity (Wildman–Crippen MR) is 74.0 cm³/mol. The molecular formula is C12H15N3O4S. The van der Waals surface area contributed by atoms with Crippen LogP contribution in [0.3, 0.4) is 0 Å². The quantitative estimate of drug-likeness (QED) is 0.679. The van der Waals surface area contributed by atoms with Crippen LogP contribution in [0.2, 0.25) is 0 Å². The van der Waals surface area contributed by atoms with Gasteiger partial charge in [0.1, 0.15) is 0 Å². The lowest BCUT2D eigenvalue weighted by Gasteiger charge is -2.07. The van der Waals surface area contributed by atoms with E-state index in [1.54, 1.807) is 18.2 Å². The lowest BCUT2D eigenvalue weighted by atomic mass is 10.1. The van der Waals surface area contributed by atoms with Gasteiger partial charge in [-0.15, -0.1) is 0 Å². The summed E-state index contributed by atoms with van der Waals surface area (Å²) in [6, 6.07) is 4.89. The molecule has 108 valence electrons. The first-order valence-corrected chi connectivity index (χ1v) is 7.69. The summed E-state index contributed by atoms with van der Waals surface area (Å²) in [5, 5.41) is 5.20. The molecule has 0 saturated heterocycles. The third-order valence-electron chi connectivity index (χ3n) is 2.96. The highest BCUT2D eigenvalue weighted by Gasteiger charge is 2.19. The van der Waals surface area contributed by atoms with E-state index in [-0.39, 0.29) is 30.5 Å². The summed E-state index contributed by atoms with van der Waals surface area (Å²) in [6.45, 7) is 0.0241. The van der Waals surface area contributed by atoms with Crippen molar-refractivity contribution in [2.45, 2.75) is 6.42 Å². The molecule has 3 N–H and O–H groups in total. The first-order chi connectivity index (χ1) is 9.41. The highest BCUT2D eigenvalue weighted by Crippen LogP contribution is 2.23. The Kier molecular flexibility index (Phi) is 4.05. The molecule has 2 rings (SSSR count). The molecule has 0 fully saturated rings. The summed E-state index contributed by atoms with van der Waals surface area (Å²) in [7, 11) is -2.01. The fourth-order valence-electron chi connectivity index (χ4n) is 1.87. The molecule has 1 aromatic carbocycles. The van der Waals surface area contributed by atoms with Crippen molar-refractivity contribution < 1.29 is 18.0 Å². The van der Waals surface area contributed by atoms with Gasteiger partial charge in [-0.05, 0) is 30.8 Å². The molecule has 0 radical (unpaired) electrons. The van der Waals surface area contributed by atoms with Gasteiger partial charge in [0.25, 0.3) is 5.91 Å². The van der Waals surface area contributed by atoms with Crippen LogP contribution in [-0.4, -0.2) is 39.6 Å². The zero-order valence-corrected chi connectivity index (χ0v) is 11.7. The van der Waals surface area contributed by atoms with Gasteiger partial charge in [-0.1, -0.05) is 0 Å². The predicted octanol–water partition coefficient (Wildman–Crippen LogP) is -0.540. The molecule has 1 aliphatic heterocycles. The molecular weight excluding hydrogens is 282 g/mol. The van der Waals surface area contributed by atoms with E-state index in [4.69, 9.17) is 0 Å². The number of hydrogen-bond donors (Lipinski definition) is 3. The van der Waals surface area contributed by atoms with Gasteiger partial charge >= 0.3 is 0 Å². The molecule has 0 bridgehead atoms. The second-order valence-corrected chi connectivity index (χ2v) is 6.42. The summed E-state index contributed by atoms with van der Waals surface area (Å²) in [5.41, 5.74) is 1.89. The van der Waals surface area contributed by atoms with Crippen LogP contribution in [0.5, 0.6) is 0 Å². The van der Waals surface area contributed by atoms with Crippen molar-refractivity contribution in [3.05, 3.63) is 29.3 Å². The largest absolute Gasteiger partial charge is 0.351 e. The Morgan fingerprint density at radius 1 is 1.40 bits per heavy atom. The maximum atomic E-state index is 11.9. The fourth-order valence-corrected chi connectivity index (χ4v) is 2.45. The summed E-state index contributed by atoms with van der Waals surface area (Å²) >= 11 is 0. The highest BCUT2D eigenvalue weighted by atomic mass is 32.2. The fraction of sp³-hybridized carbons (Fsp3) is 0.333. The first-order valence-electron chi connectivity index (χ1n) is 6.03. The van der Waals surface area contributed by atoms with Gasteiger partial charge in [-0.2, -0.15) is 0 Å². The Hall–Kier alpha value is -1.93. The van der Waals surface area contributed by atoms with Crippen LogP contribution in [0.15, 0.2) is 18.2 Å². The van der Waals surface area contributed by atoms with Gasteiger partial charge in [0.05, 0.1) is 12.2 Å². The highest BCUT2D eigenvalue weighted by molar-refractivity contribution is 7.89. The van der Waals surface area contributed by atoms with E-state index >= 15 is 0 Å². The monoisotopic (exact) mass is 297 g/mol. The molecule has 0 saturated carbocycles. The Morgan fingerprint density at radius 2 is 2.15 bits per heavy atom. The maximum absolute atomic E-state index is 11.9. The summed E-state index contributed by atoms with van der Waals surface area (Å²) in [4.78, 5) is 23.1. The number of nitrogens with one attached hydrogen (secondary N) is 3. The summed E-state index contributed by atoms with van der Waals surface area (Å²) in [5.74, 6) is -0.642. The number of sulfonamides is 1. The van der Waals surface area contributed by atoms with Crippen molar-refractivity contribution >= 4 is 27.5 Å². The molecule has 0 atom stereocenters. The zero-order valence-electron chi connectivity index (χ0n) is 10.9. The van der Waals surface area contributed by atoms with Crippen molar-refractivity contribution in [1.82, 2.24) is 10.0 Å². The smallest absolute Gasteiger partial charge is 0.251 e. The molecule has 8 heteroatoms. The molecule has 0 unspecified atom stereocenters. The van der Waals surface area contributed by atoms with E-state index in [2.05, 4.69) is 15.4 Å². The number of hydrogen-bond acceptors (Lipinski definition) is 4. The van der Waals surface area contributed by atoms with E-state index in [9.17, 15) is 18.0 Å². The van der Waals surface area contributed by atoms with Gasteiger partial charge in [0, 0.05) is 17.8 Å². The van der Waals surface area contributed by atoms with Crippen LogP contribution in [-0.2, 0) is 21.2 Å². The lowest BCUT2D eigenvalue weighted by molar-refractivity contribution is -0.115. The maximum Gasteiger partial charge on any atom is 0.251 e. The second-order valence-electron chi connectivity index (χ2n) is 4.38. The van der Waals surface area contributed by atoms with Gasteiger partial charge in [-0.3, -0.25) is 9.59 Å². The second kappa shape index (κ2) is 5.59. The van der Waals surface area contributed by atoms with Crippen LogP contribution in [0.1, 0.15) is 15.9 Å². The average Bonchev–Trinajstić information content (AvgIpc) is 2.77. The molecule has 1 aromatic rings. The molecule has 1 aliphatic rings. The van der Waals surface area contributed by atoms with E-state index in [1.807, 2.05) is 0 Å². The number of anilines is 1. The molecule has 7 nitrogen and oxygen atoms in total. The third kappa shape index (κ3) is 3.34. The van der Waals surface area contributed by atoms with E-state index in [0.29, 0.717) is 11.3 Å². The minimum absolute atomic E-state index is 0.0241. The Bertz CT molecular complexity index is 655. The van der Waals surface area contributed by atoms with Crippen LogP contribution < -0.4 is 15.4 Å². The number of benzene rings is 1. The zero-order chi connectivity index (χ0) is 14.8. The molecule has 0 aromatic heterocycles. The first kappa shape index (κ1) is 14.5. The van der Waals surface area contributed by atoms with Gasteiger partial charge in [0.15, 0.2) is 0 Å². The number of fused-ring (bicyclic) bond motifs is 1. The summed E-state index contributed by atoms with van der Waals surface area (Å²) < 4.78 is 24.6. The van der Waals surface area contributed by atoms with E-state index in [1.165, 1.54) is 7.05 Å². The minimum Gasteiger partial charge on any atom is -0.351 e. The lowest BCUT2D eigenvalue weighted by Crippen LogP contribution is -2.32. The number of amides is 2. The molecule has 0 spiro atoms. The van der Waals surface area contributed by atoms with E-state index < -0.39 is 10.0 Å². The van der Waals surface area contributed by atoms with Crippen LogP contribution in [0.4, 0.5) is 5.69 Å². The van der Waals surface area contributed by atoms with Crippen molar-refractivity contribution in [1.29, 1.82) is 0 Å². The minimum atomic E-state index is -3.33. The Morgan fingerprint density at radius 3 is 2.85 bits per heavy atom. The van der Waals surface area contributed by atoms with E-state index in [0.717, 1.165) is 5.56 Å². The van der Waals surface area contributed by atoms with Crippen molar-refractivity contribution in [2.75, 3.05) is 24.7 Å². The van der Waals surface area contributed by atoms with Gasteiger partial charge in [-0.25, -0.2) is 13.1 Å². The van der Waals surface area contributed by atoms with Crippen LogP contribution >= 0.6 is 0 Å². The molecule has 0 aliphatic carbocycles. The topological polar surface area (TPSA) is 104 Å². The van der Waals surface area contributed by atoms with Crippen molar-refractivity contribution in [3.8, 4) is 0 Å². The third-order valence-corrected chi connectivity index (χ3v) is 4.32. The average molecular weight is 297 g/mol. The molecule has 2 amide bonds.